The molecule has 18 heavy (non-hydrogen) atoms. The van der Waals surface area contributed by atoms with Crippen LogP contribution in [0, 0.1) is 19.7 Å². The average Bonchev–Trinajstić information content (AvgIpc) is 2.20. The lowest BCUT2D eigenvalue weighted by Gasteiger charge is -2.25. The van der Waals surface area contributed by atoms with Crippen molar-refractivity contribution in [1.29, 1.82) is 0 Å². The first-order valence-corrected chi connectivity index (χ1v) is 7.76. The Morgan fingerprint density at radius 1 is 1.28 bits per heavy atom. The Kier molecular flexibility index (Phi) is 4.50. The summed E-state index contributed by atoms with van der Waals surface area (Å²) < 4.78 is 37.3. The Morgan fingerprint density at radius 3 is 2.22 bits per heavy atom. The molecule has 102 valence electrons. The van der Waals surface area contributed by atoms with Gasteiger partial charge in [0, 0.05) is 11.8 Å². The number of sulfone groups is 1. The van der Waals surface area contributed by atoms with E-state index in [2.05, 4.69) is 5.32 Å². The van der Waals surface area contributed by atoms with Crippen LogP contribution in [-0.2, 0) is 9.84 Å². The van der Waals surface area contributed by atoms with E-state index in [9.17, 15) is 12.8 Å². The van der Waals surface area contributed by atoms with Crippen LogP contribution >= 0.6 is 0 Å². The molecule has 5 heteroatoms. The van der Waals surface area contributed by atoms with Crippen molar-refractivity contribution in [2.24, 2.45) is 0 Å². The van der Waals surface area contributed by atoms with E-state index in [1.54, 1.807) is 20.9 Å². The lowest BCUT2D eigenvalue weighted by Crippen LogP contribution is -2.34. The molecule has 0 fully saturated rings. The summed E-state index contributed by atoms with van der Waals surface area (Å²) in [6.45, 7) is 5.20. The average molecular weight is 273 g/mol. The van der Waals surface area contributed by atoms with Gasteiger partial charge < -0.3 is 5.32 Å². The molecule has 2 unspecified atom stereocenters. The molecule has 0 aliphatic rings. The van der Waals surface area contributed by atoms with E-state index < -0.39 is 21.1 Å². The second-order valence-electron chi connectivity index (χ2n) is 4.78. The number of hydrogen-bond acceptors (Lipinski definition) is 3. The van der Waals surface area contributed by atoms with E-state index >= 15 is 0 Å². The van der Waals surface area contributed by atoms with Gasteiger partial charge in [-0.3, -0.25) is 0 Å². The maximum atomic E-state index is 14.1. The molecule has 0 bridgehead atoms. The van der Waals surface area contributed by atoms with E-state index in [4.69, 9.17) is 0 Å². The molecule has 0 aromatic heterocycles. The molecule has 0 radical (unpaired) electrons. The maximum Gasteiger partial charge on any atom is 0.151 e. The molecule has 0 aliphatic carbocycles. The molecule has 0 saturated heterocycles. The molecule has 1 aromatic rings. The van der Waals surface area contributed by atoms with Crippen LogP contribution in [-0.4, -0.2) is 27.0 Å². The summed E-state index contributed by atoms with van der Waals surface area (Å²) in [6, 6.07) is 2.75. The summed E-state index contributed by atoms with van der Waals surface area (Å²) in [7, 11) is -1.59. The number of rotatable bonds is 4. The van der Waals surface area contributed by atoms with Crippen LogP contribution in [0.15, 0.2) is 12.1 Å². The third-order valence-electron chi connectivity index (χ3n) is 3.25. The van der Waals surface area contributed by atoms with E-state index in [1.165, 1.54) is 12.3 Å². The SMILES string of the molecule is CNC(c1c(C)cc(C)cc1F)C(C)S(C)(=O)=O. The third kappa shape index (κ3) is 3.09. The standard InChI is InChI=1S/C13H20FNO2S/c1-8-6-9(2)12(11(14)7-8)13(15-4)10(3)18(5,16)17/h6-7,10,13,15H,1-5H3. The quantitative estimate of drug-likeness (QED) is 0.914. The zero-order valence-corrected chi connectivity index (χ0v) is 12.2. The van der Waals surface area contributed by atoms with Crippen LogP contribution in [0.3, 0.4) is 0 Å². The molecule has 0 saturated carbocycles. The first-order valence-electron chi connectivity index (χ1n) is 5.81. The predicted octanol–water partition coefficient (Wildman–Crippen LogP) is 2.14. The number of nitrogens with one attached hydrogen (secondary N) is 1. The van der Waals surface area contributed by atoms with Crippen molar-refractivity contribution in [3.8, 4) is 0 Å². The molecule has 0 aliphatic heterocycles. The van der Waals surface area contributed by atoms with Crippen LogP contribution in [0.4, 0.5) is 4.39 Å². The summed E-state index contributed by atoms with van der Waals surface area (Å²) in [4.78, 5) is 0. The fraction of sp³-hybridized carbons (Fsp3) is 0.538. The van der Waals surface area contributed by atoms with Crippen LogP contribution in [0.1, 0.15) is 29.7 Å². The van der Waals surface area contributed by atoms with Crippen molar-refractivity contribution >= 4 is 9.84 Å². The summed E-state index contributed by atoms with van der Waals surface area (Å²) >= 11 is 0. The number of halogens is 1. The molecular weight excluding hydrogens is 253 g/mol. The van der Waals surface area contributed by atoms with E-state index in [0.29, 0.717) is 5.56 Å². The van der Waals surface area contributed by atoms with Gasteiger partial charge in [-0.05, 0) is 45.0 Å². The van der Waals surface area contributed by atoms with Gasteiger partial charge in [0.25, 0.3) is 0 Å². The molecule has 0 spiro atoms. The summed E-state index contributed by atoms with van der Waals surface area (Å²) in [5.41, 5.74) is 2.03. The van der Waals surface area contributed by atoms with Gasteiger partial charge in [-0.2, -0.15) is 0 Å². The van der Waals surface area contributed by atoms with Crippen molar-refractivity contribution in [3.05, 3.63) is 34.6 Å². The molecule has 1 N–H and O–H groups in total. The van der Waals surface area contributed by atoms with Crippen molar-refractivity contribution in [3.63, 3.8) is 0 Å². The minimum absolute atomic E-state index is 0.359. The highest BCUT2D eigenvalue weighted by Gasteiger charge is 2.29. The highest BCUT2D eigenvalue weighted by molar-refractivity contribution is 7.91. The van der Waals surface area contributed by atoms with Gasteiger partial charge >= 0.3 is 0 Å². The Morgan fingerprint density at radius 2 is 1.83 bits per heavy atom. The van der Waals surface area contributed by atoms with Gasteiger partial charge in [0.1, 0.15) is 5.82 Å². The van der Waals surface area contributed by atoms with E-state index in [1.807, 2.05) is 13.0 Å². The molecule has 0 heterocycles. The highest BCUT2D eigenvalue weighted by Crippen LogP contribution is 2.27. The molecular formula is C13H20FNO2S. The monoisotopic (exact) mass is 273 g/mol. The molecule has 1 aromatic carbocycles. The molecule has 3 nitrogen and oxygen atoms in total. The number of hydrogen-bond donors (Lipinski definition) is 1. The Bertz CT molecular complexity index is 517. The third-order valence-corrected chi connectivity index (χ3v) is 4.87. The Labute approximate surface area is 108 Å². The van der Waals surface area contributed by atoms with Gasteiger partial charge in [-0.25, -0.2) is 12.8 Å². The number of benzene rings is 1. The molecule has 2 atom stereocenters. The van der Waals surface area contributed by atoms with Crippen LogP contribution in [0.2, 0.25) is 0 Å². The van der Waals surface area contributed by atoms with E-state index in [-0.39, 0.29) is 5.82 Å². The Balaban J connectivity index is 3.35. The zero-order valence-electron chi connectivity index (χ0n) is 11.4. The summed E-state index contributed by atoms with van der Waals surface area (Å²) in [5, 5.41) is 2.22. The van der Waals surface area contributed by atoms with Gasteiger partial charge in [0.05, 0.1) is 11.3 Å². The lowest BCUT2D eigenvalue weighted by molar-refractivity contribution is 0.505. The fourth-order valence-corrected chi connectivity index (χ4v) is 2.95. The van der Waals surface area contributed by atoms with Crippen molar-refractivity contribution < 1.29 is 12.8 Å². The summed E-state index contributed by atoms with van der Waals surface area (Å²) in [6.07, 6.45) is 1.17. The topological polar surface area (TPSA) is 46.2 Å². The smallest absolute Gasteiger partial charge is 0.151 e. The minimum atomic E-state index is -3.24. The Hall–Kier alpha value is -0.940. The van der Waals surface area contributed by atoms with Crippen LogP contribution < -0.4 is 5.32 Å². The van der Waals surface area contributed by atoms with Crippen molar-refractivity contribution in [2.75, 3.05) is 13.3 Å². The first-order chi connectivity index (χ1) is 8.18. The van der Waals surface area contributed by atoms with E-state index in [0.717, 1.165) is 11.1 Å². The molecule has 0 amide bonds. The predicted molar refractivity (Wildman–Crippen MR) is 72.0 cm³/mol. The van der Waals surface area contributed by atoms with Gasteiger partial charge in [-0.15, -0.1) is 0 Å². The minimum Gasteiger partial charge on any atom is -0.312 e. The highest BCUT2D eigenvalue weighted by atomic mass is 32.2. The van der Waals surface area contributed by atoms with Gasteiger partial charge in [0.15, 0.2) is 9.84 Å². The second kappa shape index (κ2) is 5.36. The van der Waals surface area contributed by atoms with Crippen LogP contribution in [0.5, 0.6) is 0 Å². The zero-order chi connectivity index (χ0) is 14.1. The van der Waals surface area contributed by atoms with Crippen LogP contribution in [0.25, 0.3) is 0 Å². The van der Waals surface area contributed by atoms with Crippen molar-refractivity contribution in [2.45, 2.75) is 32.1 Å². The normalized spacial score (nSPS) is 15.4. The first kappa shape index (κ1) is 15.1. The second-order valence-corrected chi connectivity index (χ2v) is 7.18. The lowest BCUT2D eigenvalue weighted by atomic mass is 9.96. The summed E-state index contributed by atoms with van der Waals surface area (Å²) in [5.74, 6) is -0.359. The maximum absolute atomic E-state index is 14.1. The van der Waals surface area contributed by atoms with Gasteiger partial charge in [0.2, 0.25) is 0 Å². The van der Waals surface area contributed by atoms with Gasteiger partial charge in [-0.1, -0.05) is 6.07 Å². The largest absolute Gasteiger partial charge is 0.312 e. The van der Waals surface area contributed by atoms with Crippen molar-refractivity contribution in [1.82, 2.24) is 5.32 Å². The molecule has 1 rings (SSSR count). The number of aryl methyl sites for hydroxylation is 2. The fourth-order valence-electron chi connectivity index (χ4n) is 2.18.